The van der Waals surface area contributed by atoms with Gasteiger partial charge < -0.3 is 14.8 Å². The van der Waals surface area contributed by atoms with Crippen molar-refractivity contribution in [2.45, 2.75) is 6.04 Å². The van der Waals surface area contributed by atoms with Crippen molar-refractivity contribution in [1.29, 1.82) is 0 Å². The molecule has 108 valence electrons. The van der Waals surface area contributed by atoms with Crippen molar-refractivity contribution in [3.63, 3.8) is 0 Å². The second-order valence-corrected chi connectivity index (χ2v) is 6.78. The lowest BCUT2D eigenvalue weighted by Crippen LogP contribution is -2.18. The standard InChI is InChI=1S/C14H15BrClNO2S/c1-17-13(8-6-11(15)20-7-8)9-4-5-10(18-2)12(16)14(9)19-3/h4-7,13,17H,1-3H3. The van der Waals surface area contributed by atoms with E-state index < -0.39 is 0 Å². The number of halogens is 2. The Morgan fingerprint density at radius 2 is 2.05 bits per heavy atom. The first kappa shape index (κ1) is 15.6. The molecule has 6 heteroatoms. The number of methoxy groups -OCH3 is 2. The lowest BCUT2D eigenvalue weighted by Gasteiger charge is -2.20. The number of ether oxygens (including phenoxy) is 2. The molecule has 1 atom stereocenters. The Morgan fingerprint density at radius 1 is 1.30 bits per heavy atom. The summed E-state index contributed by atoms with van der Waals surface area (Å²) in [5.74, 6) is 1.24. The zero-order chi connectivity index (χ0) is 14.7. The van der Waals surface area contributed by atoms with Crippen molar-refractivity contribution in [2.24, 2.45) is 0 Å². The molecule has 0 saturated carbocycles. The minimum atomic E-state index is 0.0101. The number of rotatable bonds is 5. The van der Waals surface area contributed by atoms with E-state index in [1.165, 1.54) is 0 Å². The third-order valence-electron chi connectivity index (χ3n) is 3.04. The van der Waals surface area contributed by atoms with Gasteiger partial charge in [0.25, 0.3) is 0 Å². The fourth-order valence-corrected chi connectivity index (χ4v) is 3.65. The Labute approximate surface area is 136 Å². The van der Waals surface area contributed by atoms with Gasteiger partial charge in [0.2, 0.25) is 0 Å². The molecule has 0 amide bonds. The quantitative estimate of drug-likeness (QED) is 0.834. The molecule has 0 radical (unpaired) electrons. The van der Waals surface area contributed by atoms with Crippen LogP contribution < -0.4 is 14.8 Å². The molecule has 3 nitrogen and oxygen atoms in total. The second kappa shape index (κ2) is 6.80. The van der Waals surface area contributed by atoms with Gasteiger partial charge in [0.05, 0.1) is 24.0 Å². The van der Waals surface area contributed by atoms with E-state index >= 15 is 0 Å². The molecule has 0 aliphatic heterocycles. The Bertz CT molecular complexity index is 603. The summed E-state index contributed by atoms with van der Waals surface area (Å²) in [6, 6.07) is 5.92. The maximum atomic E-state index is 6.32. The molecule has 0 fully saturated rings. The molecule has 1 aromatic heterocycles. The average molecular weight is 377 g/mol. The maximum Gasteiger partial charge on any atom is 0.146 e. The summed E-state index contributed by atoms with van der Waals surface area (Å²) in [6.45, 7) is 0. The highest BCUT2D eigenvalue weighted by Crippen LogP contribution is 2.41. The molecular formula is C14H15BrClNO2S. The zero-order valence-corrected chi connectivity index (χ0v) is 14.5. The molecule has 1 N–H and O–H groups in total. The van der Waals surface area contributed by atoms with Crippen LogP contribution >= 0.6 is 38.9 Å². The minimum absolute atomic E-state index is 0.0101. The molecule has 0 saturated heterocycles. The fraction of sp³-hybridized carbons (Fsp3) is 0.286. The van der Waals surface area contributed by atoms with Crippen LogP contribution in [0.2, 0.25) is 5.02 Å². The SMILES string of the molecule is CNC(c1csc(Br)c1)c1ccc(OC)c(Cl)c1OC. The van der Waals surface area contributed by atoms with Gasteiger partial charge in [0.1, 0.15) is 16.5 Å². The van der Waals surface area contributed by atoms with Crippen LogP contribution in [0.4, 0.5) is 0 Å². The third-order valence-corrected chi connectivity index (χ3v) is 4.92. The van der Waals surface area contributed by atoms with E-state index in [2.05, 4.69) is 32.7 Å². The van der Waals surface area contributed by atoms with Gasteiger partial charge in [-0.1, -0.05) is 11.6 Å². The number of benzene rings is 1. The Hall–Kier alpha value is -0.750. The van der Waals surface area contributed by atoms with Crippen LogP contribution in [0.25, 0.3) is 0 Å². The van der Waals surface area contributed by atoms with E-state index in [1.807, 2.05) is 19.2 Å². The average Bonchev–Trinajstić information content (AvgIpc) is 2.86. The first-order valence-corrected chi connectivity index (χ1v) is 7.99. The molecule has 1 heterocycles. The van der Waals surface area contributed by atoms with Crippen molar-refractivity contribution >= 4 is 38.9 Å². The molecule has 0 bridgehead atoms. The molecule has 1 unspecified atom stereocenters. The summed E-state index contributed by atoms with van der Waals surface area (Å²) in [6.07, 6.45) is 0. The van der Waals surface area contributed by atoms with Gasteiger partial charge in [-0.3, -0.25) is 0 Å². The van der Waals surface area contributed by atoms with Crippen molar-refractivity contribution in [3.8, 4) is 11.5 Å². The molecule has 2 aromatic rings. The molecule has 20 heavy (non-hydrogen) atoms. The smallest absolute Gasteiger partial charge is 0.146 e. The summed E-state index contributed by atoms with van der Waals surface area (Å²) in [5, 5.41) is 5.88. The van der Waals surface area contributed by atoms with Crippen LogP contribution in [0.1, 0.15) is 17.2 Å². The molecular weight excluding hydrogens is 362 g/mol. The summed E-state index contributed by atoms with van der Waals surface area (Å²) in [7, 11) is 5.11. The molecule has 0 spiro atoms. The van der Waals surface area contributed by atoms with E-state index in [4.69, 9.17) is 21.1 Å². The van der Waals surface area contributed by atoms with Crippen molar-refractivity contribution < 1.29 is 9.47 Å². The lowest BCUT2D eigenvalue weighted by molar-refractivity contribution is 0.389. The van der Waals surface area contributed by atoms with Gasteiger partial charge >= 0.3 is 0 Å². The second-order valence-electron chi connectivity index (χ2n) is 4.11. The summed E-state index contributed by atoms with van der Waals surface area (Å²) in [4.78, 5) is 0. The first-order valence-electron chi connectivity index (χ1n) is 5.94. The van der Waals surface area contributed by atoms with Crippen molar-refractivity contribution in [1.82, 2.24) is 5.32 Å². The number of thiophene rings is 1. The Morgan fingerprint density at radius 3 is 2.55 bits per heavy atom. The summed E-state index contributed by atoms with van der Waals surface area (Å²) < 4.78 is 11.8. The van der Waals surface area contributed by atoms with Gasteiger partial charge in [-0.15, -0.1) is 11.3 Å². The van der Waals surface area contributed by atoms with E-state index in [0.717, 1.165) is 14.9 Å². The van der Waals surface area contributed by atoms with Crippen LogP contribution in [0, 0.1) is 0 Å². The molecule has 1 aromatic carbocycles. The van der Waals surface area contributed by atoms with Crippen molar-refractivity contribution in [3.05, 3.63) is 43.5 Å². The third kappa shape index (κ3) is 2.96. The van der Waals surface area contributed by atoms with E-state index in [1.54, 1.807) is 25.6 Å². The van der Waals surface area contributed by atoms with Crippen LogP contribution in [-0.2, 0) is 0 Å². The zero-order valence-electron chi connectivity index (χ0n) is 11.4. The molecule has 2 rings (SSSR count). The lowest BCUT2D eigenvalue weighted by atomic mass is 10.00. The van der Waals surface area contributed by atoms with Gasteiger partial charge in [-0.25, -0.2) is 0 Å². The summed E-state index contributed by atoms with van der Waals surface area (Å²) in [5.41, 5.74) is 2.13. The monoisotopic (exact) mass is 375 g/mol. The number of nitrogens with one attached hydrogen (secondary N) is 1. The van der Waals surface area contributed by atoms with Crippen LogP contribution in [0.5, 0.6) is 11.5 Å². The van der Waals surface area contributed by atoms with Crippen molar-refractivity contribution in [2.75, 3.05) is 21.3 Å². The predicted molar refractivity (Wildman–Crippen MR) is 87.5 cm³/mol. The summed E-state index contributed by atoms with van der Waals surface area (Å²) >= 11 is 11.5. The minimum Gasteiger partial charge on any atom is -0.495 e. The van der Waals surface area contributed by atoms with Gasteiger partial charge in [-0.05, 0) is 52.1 Å². The highest BCUT2D eigenvalue weighted by Gasteiger charge is 2.21. The Kier molecular flexibility index (Phi) is 5.32. The maximum absolute atomic E-state index is 6.32. The van der Waals surface area contributed by atoms with E-state index in [0.29, 0.717) is 16.5 Å². The van der Waals surface area contributed by atoms with Crippen LogP contribution in [0.3, 0.4) is 0 Å². The van der Waals surface area contributed by atoms with Gasteiger partial charge in [0.15, 0.2) is 0 Å². The Balaban J connectivity index is 2.52. The van der Waals surface area contributed by atoms with Crippen LogP contribution in [0.15, 0.2) is 27.4 Å². The van der Waals surface area contributed by atoms with Gasteiger partial charge in [-0.2, -0.15) is 0 Å². The largest absolute Gasteiger partial charge is 0.495 e. The van der Waals surface area contributed by atoms with Crippen LogP contribution in [-0.4, -0.2) is 21.3 Å². The van der Waals surface area contributed by atoms with E-state index in [9.17, 15) is 0 Å². The van der Waals surface area contributed by atoms with E-state index in [-0.39, 0.29) is 6.04 Å². The predicted octanol–water partition coefficient (Wildman–Crippen LogP) is 4.49. The fourth-order valence-electron chi connectivity index (χ4n) is 2.12. The number of hydrogen-bond donors (Lipinski definition) is 1. The number of hydrogen-bond acceptors (Lipinski definition) is 4. The molecule has 0 aliphatic rings. The highest BCUT2D eigenvalue weighted by atomic mass is 79.9. The normalized spacial score (nSPS) is 12.2. The topological polar surface area (TPSA) is 30.5 Å². The van der Waals surface area contributed by atoms with Gasteiger partial charge in [0, 0.05) is 5.56 Å². The molecule has 0 aliphatic carbocycles. The highest BCUT2D eigenvalue weighted by molar-refractivity contribution is 9.11. The first-order chi connectivity index (χ1) is 9.62.